The molecule has 0 fully saturated rings. The Morgan fingerprint density at radius 2 is 1.88 bits per heavy atom. The van der Waals surface area contributed by atoms with Gasteiger partial charge in [0.05, 0.1) is 25.5 Å². The van der Waals surface area contributed by atoms with E-state index in [1.54, 1.807) is 20.2 Å². The molecule has 3 rings (SSSR count). The van der Waals surface area contributed by atoms with Gasteiger partial charge in [0.1, 0.15) is 23.1 Å². The minimum atomic E-state index is -3.65. The number of hydrogen-bond acceptors (Lipinski definition) is 7. The lowest BCUT2D eigenvalue weighted by Gasteiger charge is -2.35. The molecule has 0 spiro atoms. The number of sulfonamides is 1. The first-order valence-corrected chi connectivity index (χ1v) is 12.5. The van der Waals surface area contributed by atoms with E-state index in [1.165, 1.54) is 17.0 Å². The number of rotatable bonds is 11. The van der Waals surface area contributed by atoms with E-state index in [9.17, 15) is 22.3 Å². The molecule has 3 N–H and O–H groups in total. The second kappa shape index (κ2) is 11.1. The molecular weight excluding hydrogens is 468 g/mol. The number of hydrogen-bond donors (Lipinski definition) is 3. The van der Waals surface area contributed by atoms with Crippen LogP contribution in [0.5, 0.6) is 5.75 Å². The number of nitrogens with one attached hydrogen (secondary N) is 2. The van der Waals surface area contributed by atoms with Crippen LogP contribution >= 0.6 is 0 Å². The molecule has 3 atom stereocenters. The number of halogens is 2. The van der Waals surface area contributed by atoms with Crippen LogP contribution in [0.25, 0.3) is 0 Å². The summed E-state index contributed by atoms with van der Waals surface area (Å²) in [7, 11) is -2.07. The molecule has 1 aliphatic rings. The molecule has 0 aliphatic carbocycles. The highest BCUT2D eigenvalue weighted by Gasteiger charge is 2.36. The average Bonchev–Trinajstić information content (AvgIpc) is 3.09. The maximum atomic E-state index is 13.8. The predicted octanol–water partition coefficient (Wildman–Crippen LogP) is 2.06. The normalized spacial score (nSPS) is 17.8. The van der Waals surface area contributed by atoms with Crippen LogP contribution in [0.4, 0.5) is 8.78 Å². The topological polar surface area (TPSA) is 100 Å². The Morgan fingerprint density at radius 1 is 1.18 bits per heavy atom. The molecule has 8 nitrogen and oxygen atoms in total. The third kappa shape index (κ3) is 7.39. The van der Waals surface area contributed by atoms with Crippen molar-refractivity contribution in [2.45, 2.75) is 38.4 Å². The second-order valence-electron chi connectivity index (χ2n) is 8.15. The summed E-state index contributed by atoms with van der Waals surface area (Å²) < 4.78 is 64.4. The Bertz CT molecular complexity index is 1110. The van der Waals surface area contributed by atoms with Crippen LogP contribution in [0.15, 0.2) is 54.4 Å². The molecule has 1 heterocycles. The van der Waals surface area contributed by atoms with Gasteiger partial charge in [0.25, 0.3) is 0 Å². The SMILES string of the molecule is COc1cccc(CNC[C@@H](O)[C@H](Cc2cc(F)cc(F)c2)N2C=C(C)OC2NS(C)(=O)=O)c1. The fourth-order valence-electron chi connectivity index (χ4n) is 3.78. The van der Waals surface area contributed by atoms with Gasteiger partial charge in [-0.2, -0.15) is 4.72 Å². The Morgan fingerprint density at radius 3 is 2.53 bits per heavy atom. The van der Waals surface area contributed by atoms with Crippen LogP contribution in [-0.2, 0) is 27.7 Å². The minimum Gasteiger partial charge on any atom is -0.497 e. The van der Waals surface area contributed by atoms with Gasteiger partial charge < -0.3 is 24.8 Å². The third-order valence-electron chi connectivity index (χ3n) is 5.23. The van der Waals surface area contributed by atoms with Crippen molar-refractivity contribution in [2.75, 3.05) is 19.9 Å². The molecule has 2 aromatic rings. The maximum absolute atomic E-state index is 13.8. The summed E-state index contributed by atoms with van der Waals surface area (Å²) in [6.07, 6.45) is 0.434. The third-order valence-corrected chi connectivity index (χ3v) is 5.85. The molecule has 0 radical (unpaired) electrons. The van der Waals surface area contributed by atoms with Crippen LogP contribution in [0.3, 0.4) is 0 Å². The summed E-state index contributed by atoms with van der Waals surface area (Å²) in [6, 6.07) is 9.80. The number of methoxy groups -OCH3 is 1. The van der Waals surface area contributed by atoms with Gasteiger partial charge in [0.15, 0.2) is 0 Å². The van der Waals surface area contributed by atoms with Gasteiger partial charge >= 0.3 is 0 Å². The van der Waals surface area contributed by atoms with E-state index in [0.29, 0.717) is 23.6 Å². The summed E-state index contributed by atoms with van der Waals surface area (Å²) in [5.41, 5.74) is 1.25. The molecule has 186 valence electrons. The summed E-state index contributed by atoms with van der Waals surface area (Å²) in [4.78, 5) is 1.51. The highest BCUT2D eigenvalue weighted by atomic mass is 32.2. The van der Waals surface area contributed by atoms with Crippen molar-refractivity contribution in [1.82, 2.24) is 14.9 Å². The fourth-order valence-corrected chi connectivity index (χ4v) is 4.31. The van der Waals surface area contributed by atoms with Gasteiger partial charge in [0.2, 0.25) is 16.4 Å². The van der Waals surface area contributed by atoms with Crippen LogP contribution in [-0.4, -0.2) is 56.8 Å². The van der Waals surface area contributed by atoms with Gasteiger partial charge in [-0.25, -0.2) is 17.2 Å². The Labute approximate surface area is 198 Å². The van der Waals surface area contributed by atoms with Crippen molar-refractivity contribution in [3.8, 4) is 5.75 Å². The number of ether oxygens (including phenoxy) is 2. The molecule has 2 aromatic carbocycles. The molecule has 0 aromatic heterocycles. The molecule has 11 heteroatoms. The van der Waals surface area contributed by atoms with E-state index < -0.39 is 40.2 Å². The summed E-state index contributed by atoms with van der Waals surface area (Å²) in [5, 5.41) is 14.2. The second-order valence-corrected chi connectivity index (χ2v) is 9.93. The lowest BCUT2D eigenvalue weighted by atomic mass is 9.99. The van der Waals surface area contributed by atoms with Crippen LogP contribution in [0.2, 0.25) is 0 Å². The highest BCUT2D eigenvalue weighted by Crippen LogP contribution is 2.24. The smallest absolute Gasteiger partial charge is 0.242 e. The van der Waals surface area contributed by atoms with Gasteiger partial charge in [-0.1, -0.05) is 12.1 Å². The quantitative estimate of drug-likeness (QED) is 0.437. The molecule has 0 bridgehead atoms. The molecule has 34 heavy (non-hydrogen) atoms. The molecular formula is C23H29F2N3O5S. The molecule has 0 amide bonds. The number of nitrogens with zero attached hydrogens (tertiary/aromatic N) is 1. The summed E-state index contributed by atoms with van der Waals surface area (Å²) >= 11 is 0. The number of benzene rings is 2. The summed E-state index contributed by atoms with van der Waals surface area (Å²) in [6.45, 7) is 2.20. The van der Waals surface area contributed by atoms with E-state index in [4.69, 9.17) is 9.47 Å². The molecule has 1 aliphatic heterocycles. The zero-order valence-corrected chi connectivity index (χ0v) is 20.0. The van der Waals surface area contributed by atoms with E-state index in [0.717, 1.165) is 17.9 Å². The summed E-state index contributed by atoms with van der Waals surface area (Å²) in [5.74, 6) is -0.354. The van der Waals surface area contributed by atoms with Gasteiger partial charge in [-0.3, -0.25) is 0 Å². The van der Waals surface area contributed by atoms with Crippen molar-refractivity contribution in [3.63, 3.8) is 0 Å². The Kier molecular flexibility index (Phi) is 8.47. The number of aliphatic hydroxyl groups is 1. The standard InChI is InChI=1S/C23H29F2N3O5S/c1-15-14-28(23(33-15)27-34(3,30)31)21(10-17-7-18(24)11-19(25)8-17)22(29)13-26-12-16-5-4-6-20(9-16)32-2/h4-9,11,14,21-23,26-27,29H,10,12-13H2,1-3H3/t21-,22+,23?/m0/s1. The maximum Gasteiger partial charge on any atom is 0.242 e. The highest BCUT2D eigenvalue weighted by molar-refractivity contribution is 7.88. The van der Waals surface area contributed by atoms with Crippen molar-refractivity contribution < 1.29 is 31.8 Å². The fraction of sp³-hybridized carbons (Fsp3) is 0.391. The van der Waals surface area contributed by atoms with E-state index >= 15 is 0 Å². The van der Waals surface area contributed by atoms with Crippen LogP contribution < -0.4 is 14.8 Å². The van der Waals surface area contributed by atoms with Crippen molar-refractivity contribution in [2.24, 2.45) is 0 Å². The van der Waals surface area contributed by atoms with E-state index in [2.05, 4.69) is 10.0 Å². The van der Waals surface area contributed by atoms with Crippen molar-refractivity contribution >= 4 is 10.0 Å². The van der Waals surface area contributed by atoms with Gasteiger partial charge in [-0.05, 0) is 48.7 Å². The zero-order valence-electron chi connectivity index (χ0n) is 19.2. The molecule has 0 saturated carbocycles. The predicted molar refractivity (Wildman–Crippen MR) is 123 cm³/mol. The van der Waals surface area contributed by atoms with Crippen molar-refractivity contribution in [3.05, 3.63) is 77.2 Å². The average molecular weight is 498 g/mol. The van der Waals surface area contributed by atoms with Gasteiger partial charge in [0, 0.05) is 25.4 Å². The largest absolute Gasteiger partial charge is 0.497 e. The zero-order chi connectivity index (χ0) is 24.9. The number of aliphatic hydroxyl groups excluding tert-OH is 1. The minimum absolute atomic E-state index is 0.0335. The lowest BCUT2D eigenvalue weighted by molar-refractivity contribution is -0.0248. The van der Waals surface area contributed by atoms with E-state index in [1.807, 2.05) is 24.3 Å². The van der Waals surface area contributed by atoms with Crippen LogP contribution in [0, 0.1) is 11.6 Å². The van der Waals surface area contributed by atoms with Crippen LogP contribution in [0.1, 0.15) is 18.1 Å². The Hall–Kier alpha value is -2.73. The lowest BCUT2D eigenvalue weighted by Crippen LogP contribution is -2.54. The first kappa shape index (κ1) is 25.9. The number of allylic oxidation sites excluding steroid dienone is 1. The molecule has 0 saturated heterocycles. The van der Waals surface area contributed by atoms with Gasteiger partial charge in [-0.15, -0.1) is 0 Å². The first-order valence-electron chi connectivity index (χ1n) is 10.6. The molecule has 1 unspecified atom stereocenters. The van der Waals surface area contributed by atoms with Crippen molar-refractivity contribution in [1.29, 1.82) is 0 Å². The van der Waals surface area contributed by atoms with E-state index in [-0.39, 0.29) is 13.0 Å². The Balaban J connectivity index is 1.79. The monoisotopic (exact) mass is 497 g/mol. The first-order chi connectivity index (χ1) is 16.0.